The van der Waals surface area contributed by atoms with Crippen LogP contribution in [-0.2, 0) is 4.79 Å². The van der Waals surface area contributed by atoms with Crippen LogP contribution < -0.4 is 0 Å². The summed E-state index contributed by atoms with van der Waals surface area (Å²) in [6.07, 6.45) is -7.18. The third-order valence-corrected chi connectivity index (χ3v) is 2.16. The maximum absolute atomic E-state index is 11.7. The van der Waals surface area contributed by atoms with Crippen LogP contribution in [0.1, 0.15) is 6.42 Å². The van der Waals surface area contributed by atoms with Gasteiger partial charge in [0.2, 0.25) is 0 Å². The Labute approximate surface area is 76.9 Å². The Morgan fingerprint density at radius 1 is 1.46 bits per heavy atom. The zero-order chi connectivity index (χ0) is 10.5. The first-order chi connectivity index (χ1) is 5.84. The number of carboxylic acid groups (broad SMARTS) is 1. The van der Waals surface area contributed by atoms with E-state index in [4.69, 9.17) is 10.2 Å². The topological polar surface area (TPSA) is 57.5 Å². The van der Waals surface area contributed by atoms with Crippen LogP contribution in [0.5, 0.6) is 0 Å². The van der Waals surface area contributed by atoms with Crippen molar-refractivity contribution in [2.24, 2.45) is 0 Å². The highest BCUT2D eigenvalue weighted by atomic mass is 32.2. The zero-order valence-corrected chi connectivity index (χ0v) is 7.36. The number of alkyl halides is 3. The van der Waals surface area contributed by atoms with E-state index in [2.05, 4.69) is 0 Å². The molecule has 0 aromatic rings. The van der Waals surface area contributed by atoms with Gasteiger partial charge in [-0.2, -0.15) is 24.9 Å². The van der Waals surface area contributed by atoms with Crippen molar-refractivity contribution in [1.29, 1.82) is 0 Å². The average molecular weight is 218 g/mol. The van der Waals surface area contributed by atoms with E-state index < -0.39 is 24.0 Å². The monoisotopic (exact) mass is 218 g/mol. The Kier molecular flexibility index (Phi) is 5.16. The average Bonchev–Trinajstić information content (AvgIpc) is 1.95. The quantitative estimate of drug-likeness (QED) is 0.679. The zero-order valence-electron chi connectivity index (χ0n) is 6.54. The third kappa shape index (κ3) is 6.71. The maximum atomic E-state index is 11.7. The highest BCUT2D eigenvalue weighted by Crippen LogP contribution is 2.22. The van der Waals surface area contributed by atoms with E-state index in [0.717, 1.165) is 11.8 Å². The number of hydrogen-bond donors (Lipinski definition) is 2. The Morgan fingerprint density at radius 3 is 2.38 bits per heavy atom. The molecule has 0 aliphatic rings. The number of halogens is 3. The molecule has 0 aliphatic heterocycles. The molecule has 13 heavy (non-hydrogen) atoms. The van der Waals surface area contributed by atoms with Crippen molar-refractivity contribution in [3.63, 3.8) is 0 Å². The molecule has 0 saturated heterocycles. The van der Waals surface area contributed by atoms with Crippen molar-refractivity contribution in [3.05, 3.63) is 0 Å². The van der Waals surface area contributed by atoms with Crippen LogP contribution in [0.2, 0.25) is 0 Å². The third-order valence-electron chi connectivity index (χ3n) is 1.11. The molecule has 7 heteroatoms. The second-order valence-electron chi connectivity index (χ2n) is 2.28. The van der Waals surface area contributed by atoms with Gasteiger partial charge in [-0.05, 0) is 0 Å². The fourth-order valence-electron chi connectivity index (χ4n) is 0.449. The van der Waals surface area contributed by atoms with Gasteiger partial charge in [-0.3, -0.25) is 4.79 Å². The van der Waals surface area contributed by atoms with Crippen LogP contribution in [0, 0.1) is 0 Å². The summed E-state index contributed by atoms with van der Waals surface area (Å²) in [6, 6.07) is 0. The molecule has 0 aromatic heterocycles. The van der Waals surface area contributed by atoms with E-state index in [-0.39, 0.29) is 12.2 Å². The lowest BCUT2D eigenvalue weighted by atomic mass is 10.4. The summed E-state index contributed by atoms with van der Waals surface area (Å²) in [5.74, 6) is -1.51. The number of carboxylic acids is 1. The molecule has 0 spiro atoms. The molecule has 0 fully saturated rings. The Balaban J connectivity index is 3.49. The van der Waals surface area contributed by atoms with Crippen molar-refractivity contribution in [3.8, 4) is 0 Å². The largest absolute Gasteiger partial charge is 0.481 e. The minimum atomic E-state index is -4.61. The first kappa shape index (κ1) is 12.6. The molecule has 0 saturated carbocycles. The van der Waals surface area contributed by atoms with Crippen molar-refractivity contribution in [2.45, 2.75) is 18.7 Å². The predicted octanol–water partition coefficient (Wildman–Crippen LogP) is 1.12. The summed E-state index contributed by atoms with van der Waals surface area (Å²) >= 11 is 0.766. The van der Waals surface area contributed by atoms with Crippen LogP contribution >= 0.6 is 11.8 Å². The van der Waals surface area contributed by atoms with E-state index in [1.807, 2.05) is 0 Å². The lowest BCUT2D eigenvalue weighted by molar-refractivity contribution is -0.195. The highest BCUT2D eigenvalue weighted by molar-refractivity contribution is 7.99. The molecular formula is C6H9F3O3S. The minimum Gasteiger partial charge on any atom is -0.481 e. The van der Waals surface area contributed by atoms with Crippen molar-refractivity contribution < 1.29 is 28.2 Å². The van der Waals surface area contributed by atoms with Crippen LogP contribution in [0.25, 0.3) is 0 Å². The maximum Gasteiger partial charge on any atom is 0.415 e. The SMILES string of the molecule is O=C(O)CCSCC(O)C(F)(F)F. The fraction of sp³-hybridized carbons (Fsp3) is 0.833. The molecule has 0 aromatic carbocycles. The van der Waals surface area contributed by atoms with Crippen molar-refractivity contribution in [1.82, 2.24) is 0 Å². The molecule has 1 atom stereocenters. The Bertz CT molecular complexity index is 171. The molecule has 0 bridgehead atoms. The van der Waals surface area contributed by atoms with Crippen molar-refractivity contribution in [2.75, 3.05) is 11.5 Å². The summed E-state index contributed by atoms with van der Waals surface area (Å²) in [5, 5.41) is 16.6. The summed E-state index contributed by atoms with van der Waals surface area (Å²) in [6.45, 7) is 0. The predicted molar refractivity (Wildman–Crippen MR) is 41.6 cm³/mol. The summed E-state index contributed by atoms with van der Waals surface area (Å²) in [7, 11) is 0. The van der Waals surface area contributed by atoms with Crippen molar-refractivity contribution >= 4 is 17.7 Å². The second-order valence-corrected chi connectivity index (χ2v) is 3.43. The highest BCUT2D eigenvalue weighted by Gasteiger charge is 2.37. The molecule has 0 aliphatic carbocycles. The van der Waals surface area contributed by atoms with Crippen LogP contribution in [-0.4, -0.2) is 40.0 Å². The lowest BCUT2D eigenvalue weighted by Gasteiger charge is -2.13. The Hall–Kier alpha value is -0.430. The standard InChI is InChI=1S/C6H9F3O3S/c7-6(8,9)4(10)3-13-2-1-5(11)12/h4,10H,1-3H2,(H,11,12). The smallest absolute Gasteiger partial charge is 0.415 e. The van der Waals surface area contributed by atoms with E-state index in [1.165, 1.54) is 0 Å². The first-order valence-corrected chi connectivity index (χ1v) is 4.54. The number of rotatable bonds is 5. The van der Waals surface area contributed by atoms with Gasteiger partial charge in [0.25, 0.3) is 0 Å². The second kappa shape index (κ2) is 5.33. The first-order valence-electron chi connectivity index (χ1n) is 3.38. The van der Waals surface area contributed by atoms with Gasteiger partial charge in [0.05, 0.1) is 6.42 Å². The van der Waals surface area contributed by atoms with Gasteiger partial charge in [0.15, 0.2) is 6.10 Å². The molecule has 0 amide bonds. The van der Waals surface area contributed by atoms with E-state index in [1.54, 1.807) is 0 Å². The molecule has 2 N–H and O–H groups in total. The van der Waals surface area contributed by atoms with Gasteiger partial charge in [-0.1, -0.05) is 0 Å². The number of aliphatic hydroxyl groups excluding tert-OH is 1. The van der Waals surface area contributed by atoms with Gasteiger partial charge in [0, 0.05) is 11.5 Å². The number of aliphatic hydroxyl groups is 1. The number of aliphatic carboxylic acids is 1. The molecule has 0 heterocycles. The number of carbonyl (C=O) groups is 1. The van der Waals surface area contributed by atoms with Gasteiger partial charge in [0.1, 0.15) is 0 Å². The molecular weight excluding hydrogens is 209 g/mol. The van der Waals surface area contributed by atoms with Gasteiger partial charge >= 0.3 is 12.1 Å². The fourth-order valence-corrected chi connectivity index (χ4v) is 1.35. The lowest BCUT2D eigenvalue weighted by Crippen LogP contribution is -2.30. The van der Waals surface area contributed by atoms with E-state index in [0.29, 0.717) is 0 Å². The summed E-state index contributed by atoms with van der Waals surface area (Å²) < 4.78 is 35.0. The minimum absolute atomic E-state index is 0.0719. The van der Waals surface area contributed by atoms with E-state index >= 15 is 0 Å². The summed E-state index contributed by atoms with van der Waals surface area (Å²) in [4.78, 5) is 9.94. The normalized spacial score (nSPS) is 14.2. The van der Waals surface area contributed by atoms with Crippen LogP contribution in [0.3, 0.4) is 0 Å². The summed E-state index contributed by atoms with van der Waals surface area (Å²) in [5.41, 5.74) is 0. The number of hydrogen-bond acceptors (Lipinski definition) is 3. The molecule has 0 rings (SSSR count). The van der Waals surface area contributed by atoms with Gasteiger partial charge in [-0.15, -0.1) is 0 Å². The van der Waals surface area contributed by atoms with Crippen LogP contribution in [0.4, 0.5) is 13.2 Å². The van der Waals surface area contributed by atoms with Gasteiger partial charge in [-0.25, -0.2) is 0 Å². The molecule has 3 nitrogen and oxygen atoms in total. The van der Waals surface area contributed by atoms with Crippen LogP contribution in [0.15, 0.2) is 0 Å². The Morgan fingerprint density at radius 2 is 2.00 bits per heavy atom. The van der Waals surface area contributed by atoms with Gasteiger partial charge < -0.3 is 10.2 Å². The molecule has 78 valence electrons. The van der Waals surface area contributed by atoms with E-state index in [9.17, 15) is 18.0 Å². The number of thioether (sulfide) groups is 1. The molecule has 0 radical (unpaired) electrons. The molecule has 1 unspecified atom stereocenters.